The topological polar surface area (TPSA) is 65.9 Å². The first-order chi connectivity index (χ1) is 9.39. The molecule has 0 radical (unpaired) electrons. The van der Waals surface area contributed by atoms with Crippen LogP contribution in [-0.2, 0) is 0 Å². The molecule has 0 aliphatic carbocycles. The zero-order valence-corrected chi connectivity index (χ0v) is 11.7. The van der Waals surface area contributed by atoms with Crippen molar-refractivity contribution in [2.75, 3.05) is 0 Å². The van der Waals surface area contributed by atoms with E-state index in [-0.39, 0.29) is 16.7 Å². The summed E-state index contributed by atoms with van der Waals surface area (Å²) in [5, 5.41) is 8.76. The van der Waals surface area contributed by atoms with Gasteiger partial charge in [0, 0.05) is 11.3 Å². The molecule has 0 saturated carbocycles. The summed E-state index contributed by atoms with van der Waals surface area (Å²) >= 11 is 0. The number of nitrogens with zero attached hydrogens (tertiary/aromatic N) is 1. The first-order valence-electron chi connectivity index (χ1n) is 6.32. The third-order valence-electron chi connectivity index (χ3n) is 2.60. The highest BCUT2D eigenvalue weighted by Gasteiger charge is 2.12. The first kappa shape index (κ1) is 13.9. The molecule has 1 N–H and O–H groups in total. The van der Waals surface area contributed by atoms with Gasteiger partial charge >= 0.3 is 0 Å². The predicted molar refractivity (Wildman–Crippen MR) is 77.6 cm³/mol. The molecule has 0 atom stereocenters. The number of aromatic nitrogens is 1. The highest BCUT2D eigenvalue weighted by molar-refractivity contribution is 5.61. The van der Waals surface area contributed by atoms with E-state index in [2.05, 4.69) is 4.98 Å². The molecular weight excluding hydrogens is 252 g/mol. The summed E-state index contributed by atoms with van der Waals surface area (Å²) in [5.41, 5.74) is 0.946. The van der Waals surface area contributed by atoms with Crippen LogP contribution in [-0.4, -0.2) is 10.6 Å². The van der Waals surface area contributed by atoms with Gasteiger partial charge in [-0.3, -0.25) is 4.79 Å². The van der Waals surface area contributed by atoms with E-state index in [1.165, 1.54) is 6.07 Å². The van der Waals surface area contributed by atoms with E-state index in [1.807, 2.05) is 51.1 Å². The molecule has 0 aliphatic heterocycles. The molecule has 2 aromatic rings. The predicted octanol–water partition coefficient (Wildman–Crippen LogP) is 3.09. The maximum absolute atomic E-state index is 11.6. The van der Waals surface area contributed by atoms with E-state index in [9.17, 15) is 4.79 Å². The number of nitriles is 1. The molecule has 20 heavy (non-hydrogen) atoms. The number of ether oxygens (including phenoxy) is 1. The third-order valence-corrected chi connectivity index (χ3v) is 2.60. The van der Waals surface area contributed by atoms with Gasteiger partial charge in [0.05, 0.1) is 0 Å². The third kappa shape index (κ3) is 3.27. The van der Waals surface area contributed by atoms with Gasteiger partial charge in [-0.05, 0) is 45.0 Å². The SMILES string of the molecule is CC(C)(C)Oc1cccc(-c2ccc(C#N)c(=O)[nH]2)c1. The number of aromatic amines is 1. The Balaban J connectivity index is 2.39. The van der Waals surface area contributed by atoms with Crippen molar-refractivity contribution in [1.29, 1.82) is 5.26 Å². The van der Waals surface area contributed by atoms with Gasteiger partial charge < -0.3 is 9.72 Å². The van der Waals surface area contributed by atoms with Crippen LogP contribution in [0.5, 0.6) is 5.75 Å². The second kappa shape index (κ2) is 5.22. The lowest BCUT2D eigenvalue weighted by Gasteiger charge is -2.21. The summed E-state index contributed by atoms with van der Waals surface area (Å²) in [6.45, 7) is 5.93. The minimum absolute atomic E-state index is 0.107. The Morgan fingerprint density at radius 3 is 2.55 bits per heavy atom. The van der Waals surface area contributed by atoms with Gasteiger partial charge in [0.15, 0.2) is 0 Å². The maximum atomic E-state index is 11.6. The molecule has 1 aromatic carbocycles. The summed E-state index contributed by atoms with van der Waals surface area (Å²) in [6, 6.07) is 12.6. The van der Waals surface area contributed by atoms with E-state index in [0.717, 1.165) is 11.3 Å². The number of rotatable bonds is 2. The Labute approximate surface area is 117 Å². The normalized spacial score (nSPS) is 10.9. The quantitative estimate of drug-likeness (QED) is 0.910. The molecule has 0 fully saturated rings. The molecule has 1 aromatic heterocycles. The van der Waals surface area contributed by atoms with Crippen LogP contribution in [0.25, 0.3) is 11.3 Å². The molecular formula is C16H16N2O2. The van der Waals surface area contributed by atoms with Crippen molar-refractivity contribution in [1.82, 2.24) is 4.98 Å². The van der Waals surface area contributed by atoms with Crippen molar-refractivity contribution in [2.45, 2.75) is 26.4 Å². The van der Waals surface area contributed by atoms with Crippen LogP contribution in [0.15, 0.2) is 41.2 Å². The first-order valence-corrected chi connectivity index (χ1v) is 6.32. The van der Waals surface area contributed by atoms with Crippen LogP contribution in [0.4, 0.5) is 0 Å². The van der Waals surface area contributed by atoms with Gasteiger partial charge in [-0.1, -0.05) is 12.1 Å². The monoisotopic (exact) mass is 268 g/mol. The lowest BCUT2D eigenvalue weighted by atomic mass is 10.1. The summed E-state index contributed by atoms with van der Waals surface area (Å²) in [6.07, 6.45) is 0. The Bertz CT molecular complexity index is 718. The van der Waals surface area contributed by atoms with E-state index in [0.29, 0.717) is 5.69 Å². The second-order valence-corrected chi connectivity index (χ2v) is 5.47. The smallest absolute Gasteiger partial charge is 0.266 e. The Kier molecular flexibility index (Phi) is 3.62. The molecule has 4 nitrogen and oxygen atoms in total. The molecule has 102 valence electrons. The van der Waals surface area contributed by atoms with Crippen molar-refractivity contribution in [3.63, 3.8) is 0 Å². The van der Waals surface area contributed by atoms with Crippen LogP contribution < -0.4 is 10.3 Å². The fourth-order valence-electron chi connectivity index (χ4n) is 1.81. The molecule has 1 heterocycles. The van der Waals surface area contributed by atoms with Crippen LogP contribution in [0, 0.1) is 11.3 Å². The van der Waals surface area contributed by atoms with Crippen molar-refractivity contribution >= 4 is 0 Å². The molecule has 0 saturated heterocycles. The largest absolute Gasteiger partial charge is 0.488 e. The fraction of sp³-hybridized carbons (Fsp3) is 0.250. The lowest BCUT2D eigenvalue weighted by molar-refractivity contribution is 0.131. The molecule has 0 aliphatic rings. The zero-order chi connectivity index (χ0) is 14.8. The van der Waals surface area contributed by atoms with Gasteiger partial charge in [-0.15, -0.1) is 0 Å². The van der Waals surface area contributed by atoms with Crippen LogP contribution in [0.2, 0.25) is 0 Å². The highest BCUT2D eigenvalue weighted by Crippen LogP contribution is 2.24. The minimum Gasteiger partial charge on any atom is -0.488 e. The van der Waals surface area contributed by atoms with Crippen LogP contribution in [0.1, 0.15) is 26.3 Å². The Morgan fingerprint density at radius 2 is 1.95 bits per heavy atom. The molecule has 0 spiro atoms. The van der Waals surface area contributed by atoms with Crippen molar-refractivity contribution in [2.24, 2.45) is 0 Å². The lowest BCUT2D eigenvalue weighted by Crippen LogP contribution is -2.22. The highest BCUT2D eigenvalue weighted by atomic mass is 16.5. The molecule has 0 amide bonds. The fourth-order valence-corrected chi connectivity index (χ4v) is 1.81. The number of H-pyrrole nitrogens is 1. The summed E-state index contributed by atoms with van der Waals surface area (Å²) in [4.78, 5) is 14.3. The summed E-state index contributed by atoms with van der Waals surface area (Å²) in [7, 11) is 0. The average Bonchev–Trinajstić information content (AvgIpc) is 2.37. The van der Waals surface area contributed by atoms with Gasteiger partial charge in [0.1, 0.15) is 23.0 Å². The Morgan fingerprint density at radius 1 is 1.20 bits per heavy atom. The van der Waals surface area contributed by atoms with Gasteiger partial charge in [0.25, 0.3) is 5.56 Å². The molecule has 0 bridgehead atoms. The zero-order valence-electron chi connectivity index (χ0n) is 11.7. The van der Waals surface area contributed by atoms with E-state index < -0.39 is 0 Å². The minimum atomic E-state index is -0.382. The summed E-state index contributed by atoms with van der Waals surface area (Å²) < 4.78 is 5.79. The number of hydrogen-bond donors (Lipinski definition) is 1. The van der Waals surface area contributed by atoms with Gasteiger partial charge in [-0.25, -0.2) is 0 Å². The number of nitrogens with one attached hydrogen (secondary N) is 1. The summed E-state index contributed by atoms with van der Waals surface area (Å²) in [5.74, 6) is 0.736. The molecule has 4 heteroatoms. The van der Waals surface area contributed by atoms with Gasteiger partial charge in [-0.2, -0.15) is 5.26 Å². The number of hydrogen-bond acceptors (Lipinski definition) is 3. The van der Waals surface area contributed by atoms with Crippen LogP contribution >= 0.6 is 0 Å². The maximum Gasteiger partial charge on any atom is 0.266 e. The molecule has 0 unspecified atom stereocenters. The Hall–Kier alpha value is -2.54. The van der Waals surface area contributed by atoms with Crippen molar-refractivity contribution < 1.29 is 4.74 Å². The van der Waals surface area contributed by atoms with Crippen molar-refractivity contribution in [3.8, 4) is 23.1 Å². The van der Waals surface area contributed by atoms with Gasteiger partial charge in [0.2, 0.25) is 0 Å². The number of benzene rings is 1. The molecule has 2 rings (SSSR count). The second-order valence-electron chi connectivity index (χ2n) is 5.47. The van der Waals surface area contributed by atoms with Crippen LogP contribution in [0.3, 0.4) is 0 Å². The van der Waals surface area contributed by atoms with E-state index >= 15 is 0 Å². The van der Waals surface area contributed by atoms with E-state index in [4.69, 9.17) is 10.00 Å². The average molecular weight is 268 g/mol. The standard InChI is InChI=1S/C16H16N2O2/c1-16(2,3)20-13-6-4-5-11(9-13)14-8-7-12(10-17)15(19)18-14/h4-9H,1-3H3,(H,18,19). The van der Waals surface area contributed by atoms with Crippen molar-refractivity contribution in [3.05, 3.63) is 52.3 Å². The number of pyridine rings is 1. The van der Waals surface area contributed by atoms with E-state index in [1.54, 1.807) is 6.07 Å².